The van der Waals surface area contributed by atoms with Crippen LogP contribution in [-0.4, -0.2) is 17.2 Å². The molecular formula is C21H15ClO5. The van der Waals surface area contributed by atoms with Crippen molar-refractivity contribution in [1.29, 1.82) is 0 Å². The number of aliphatic carboxylic acids is 1. The van der Waals surface area contributed by atoms with Crippen molar-refractivity contribution in [1.82, 2.24) is 0 Å². The van der Waals surface area contributed by atoms with Crippen LogP contribution in [0.25, 0.3) is 0 Å². The Morgan fingerprint density at radius 2 is 1.52 bits per heavy atom. The van der Waals surface area contributed by atoms with E-state index in [1.54, 1.807) is 60.7 Å². The van der Waals surface area contributed by atoms with Crippen LogP contribution in [0.4, 0.5) is 0 Å². The van der Waals surface area contributed by atoms with Crippen LogP contribution in [-0.2, 0) is 4.79 Å². The number of fused-ring (bicyclic) bond motifs is 1. The van der Waals surface area contributed by atoms with Gasteiger partial charge in [-0.3, -0.25) is 0 Å². The summed E-state index contributed by atoms with van der Waals surface area (Å²) in [6.45, 7) is 0. The van der Waals surface area contributed by atoms with Gasteiger partial charge in [0, 0.05) is 0 Å². The van der Waals surface area contributed by atoms with Gasteiger partial charge in [-0.15, -0.1) is 0 Å². The van der Waals surface area contributed by atoms with Crippen LogP contribution in [0, 0.1) is 0 Å². The molecule has 2 unspecified atom stereocenters. The van der Waals surface area contributed by atoms with E-state index in [9.17, 15) is 9.90 Å². The maximum atomic E-state index is 11.6. The molecule has 0 spiro atoms. The highest BCUT2D eigenvalue weighted by Gasteiger charge is 2.38. The van der Waals surface area contributed by atoms with Gasteiger partial charge in [0.25, 0.3) is 0 Å². The number of halogens is 1. The van der Waals surface area contributed by atoms with E-state index in [1.807, 2.05) is 12.1 Å². The van der Waals surface area contributed by atoms with E-state index in [2.05, 4.69) is 0 Å². The first-order valence-electron chi connectivity index (χ1n) is 8.29. The molecule has 1 N–H and O–H groups in total. The van der Waals surface area contributed by atoms with E-state index in [1.165, 1.54) is 0 Å². The molecule has 1 aliphatic rings. The largest absolute Gasteiger partial charge is 0.478 e. The van der Waals surface area contributed by atoms with Crippen LogP contribution in [0.3, 0.4) is 0 Å². The molecule has 0 fully saturated rings. The van der Waals surface area contributed by atoms with Crippen molar-refractivity contribution >= 4 is 17.6 Å². The number of carboxylic acids is 1. The maximum absolute atomic E-state index is 11.6. The average Bonchev–Trinajstić information content (AvgIpc) is 2.69. The molecule has 0 aliphatic carbocycles. The lowest BCUT2D eigenvalue weighted by Crippen LogP contribution is -2.39. The van der Waals surface area contributed by atoms with Crippen LogP contribution in [0.15, 0.2) is 72.8 Å². The van der Waals surface area contributed by atoms with Crippen molar-refractivity contribution in [3.05, 3.63) is 83.4 Å². The van der Waals surface area contributed by atoms with Gasteiger partial charge in [-0.1, -0.05) is 48.0 Å². The molecule has 0 amide bonds. The van der Waals surface area contributed by atoms with Crippen molar-refractivity contribution in [2.24, 2.45) is 0 Å². The molecule has 4 rings (SSSR count). The van der Waals surface area contributed by atoms with Crippen molar-refractivity contribution in [2.75, 3.05) is 0 Å². The normalized spacial score (nSPS) is 18.0. The van der Waals surface area contributed by atoms with Gasteiger partial charge < -0.3 is 19.3 Å². The number of rotatable bonds is 4. The highest BCUT2D eigenvalue weighted by atomic mass is 35.5. The van der Waals surface area contributed by atoms with Gasteiger partial charge >= 0.3 is 5.97 Å². The Hall–Kier alpha value is -3.18. The van der Waals surface area contributed by atoms with Crippen LogP contribution in [0.5, 0.6) is 23.0 Å². The molecule has 6 heteroatoms. The number of hydrogen-bond donors (Lipinski definition) is 1. The molecule has 0 saturated carbocycles. The monoisotopic (exact) mass is 382 g/mol. The van der Waals surface area contributed by atoms with Gasteiger partial charge in [-0.2, -0.15) is 0 Å². The number of carboxylic acid groups (broad SMARTS) is 1. The summed E-state index contributed by atoms with van der Waals surface area (Å²) in [7, 11) is 0. The van der Waals surface area contributed by atoms with Gasteiger partial charge in [0.1, 0.15) is 11.5 Å². The Morgan fingerprint density at radius 3 is 2.19 bits per heavy atom. The molecule has 3 aromatic carbocycles. The summed E-state index contributed by atoms with van der Waals surface area (Å²) in [5.41, 5.74) is 0.670. The average molecular weight is 383 g/mol. The number of para-hydroxylation sites is 3. The van der Waals surface area contributed by atoms with Gasteiger partial charge in [0.15, 0.2) is 17.6 Å². The Bertz CT molecular complexity index is 970. The molecule has 1 heterocycles. The predicted molar refractivity (Wildman–Crippen MR) is 99.8 cm³/mol. The van der Waals surface area contributed by atoms with E-state index in [0.717, 1.165) is 0 Å². The number of ether oxygens (including phenoxy) is 3. The fourth-order valence-electron chi connectivity index (χ4n) is 2.84. The molecule has 0 saturated heterocycles. The second kappa shape index (κ2) is 7.21. The molecule has 0 aromatic heterocycles. The highest BCUT2D eigenvalue weighted by Crippen LogP contribution is 2.40. The van der Waals surface area contributed by atoms with E-state index in [0.29, 0.717) is 33.6 Å². The van der Waals surface area contributed by atoms with Crippen LogP contribution >= 0.6 is 11.6 Å². The summed E-state index contributed by atoms with van der Waals surface area (Å²) in [4.78, 5) is 11.6. The summed E-state index contributed by atoms with van der Waals surface area (Å²) in [6.07, 6.45) is -1.91. The molecule has 1 aliphatic heterocycles. The SMILES string of the molecule is O=C(O)C1Oc2ccccc2OC1c1ccc(Oc2ccccc2Cl)cc1. The lowest BCUT2D eigenvalue weighted by atomic mass is 10.0. The van der Waals surface area contributed by atoms with Crippen LogP contribution in [0.1, 0.15) is 11.7 Å². The fourth-order valence-corrected chi connectivity index (χ4v) is 3.02. The molecule has 136 valence electrons. The van der Waals surface area contributed by atoms with E-state index in [-0.39, 0.29) is 0 Å². The first-order chi connectivity index (χ1) is 13.1. The van der Waals surface area contributed by atoms with Gasteiger partial charge in [0.05, 0.1) is 5.02 Å². The molecule has 5 nitrogen and oxygen atoms in total. The highest BCUT2D eigenvalue weighted by molar-refractivity contribution is 6.32. The van der Waals surface area contributed by atoms with Crippen molar-refractivity contribution in [3.8, 4) is 23.0 Å². The van der Waals surface area contributed by atoms with Crippen LogP contribution in [0.2, 0.25) is 5.02 Å². The summed E-state index contributed by atoms with van der Waals surface area (Å²) >= 11 is 6.10. The standard InChI is InChI=1S/C21H15ClO5/c22-15-5-1-2-6-16(15)25-14-11-9-13(10-12-14)19-20(21(23)24)27-18-8-4-3-7-17(18)26-19/h1-12,19-20H,(H,23,24). The zero-order valence-electron chi connectivity index (χ0n) is 14.0. The zero-order chi connectivity index (χ0) is 18.8. The maximum Gasteiger partial charge on any atom is 0.349 e. The zero-order valence-corrected chi connectivity index (χ0v) is 14.8. The second-order valence-electron chi connectivity index (χ2n) is 5.96. The molecule has 0 radical (unpaired) electrons. The first-order valence-corrected chi connectivity index (χ1v) is 8.67. The minimum Gasteiger partial charge on any atom is -0.478 e. The fraction of sp³-hybridized carbons (Fsp3) is 0.0952. The van der Waals surface area contributed by atoms with Gasteiger partial charge in [-0.05, 0) is 42.0 Å². The minimum atomic E-state index is -1.14. The number of hydrogen-bond acceptors (Lipinski definition) is 4. The van der Waals surface area contributed by atoms with E-state index < -0.39 is 18.2 Å². The van der Waals surface area contributed by atoms with Gasteiger partial charge in [0.2, 0.25) is 6.10 Å². The lowest BCUT2D eigenvalue weighted by Gasteiger charge is -2.31. The third kappa shape index (κ3) is 3.55. The summed E-state index contributed by atoms with van der Waals surface area (Å²) < 4.78 is 17.3. The smallest absolute Gasteiger partial charge is 0.349 e. The Kier molecular flexibility index (Phi) is 4.60. The number of carbonyl (C=O) groups is 1. The topological polar surface area (TPSA) is 65.0 Å². The van der Waals surface area contributed by atoms with Crippen molar-refractivity contribution in [3.63, 3.8) is 0 Å². The summed E-state index contributed by atoms with van der Waals surface area (Å²) in [5, 5.41) is 10.0. The summed E-state index contributed by atoms with van der Waals surface area (Å²) in [5.74, 6) is 0.958. The van der Waals surface area contributed by atoms with Crippen molar-refractivity contribution < 1.29 is 24.1 Å². The molecule has 27 heavy (non-hydrogen) atoms. The quantitative estimate of drug-likeness (QED) is 0.680. The Labute approximate surface area is 160 Å². The molecule has 0 bridgehead atoms. The molecule has 2 atom stereocenters. The second-order valence-corrected chi connectivity index (χ2v) is 6.37. The third-order valence-electron chi connectivity index (χ3n) is 4.15. The van der Waals surface area contributed by atoms with E-state index in [4.69, 9.17) is 25.8 Å². The van der Waals surface area contributed by atoms with E-state index >= 15 is 0 Å². The summed E-state index contributed by atoms with van der Waals surface area (Å²) in [6, 6.07) is 21.1. The predicted octanol–water partition coefficient (Wildman–Crippen LogP) is 5.10. The molecule has 3 aromatic rings. The van der Waals surface area contributed by atoms with Crippen LogP contribution < -0.4 is 14.2 Å². The molecular weight excluding hydrogens is 368 g/mol. The number of benzene rings is 3. The third-order valence-corrected chi connectivity index (χ3v) is 4.46. The van der Waals surface area contributed by atoms with Gasteiger partial charge in [-0.25, -0.2) is 4.79 Å². The van der Waals surface area contributed by atoms with Crippen molar-refractivity contribution in [2.45, 2.75) is 12.2 Å². The lowest BCUT2D eigenvalue weighted by molar-refractivity contribution is -0.151. The minimum absolute atomic E-state index is 0.417. The first kappa shape index (κ1) is 17.2. The Balaban J connectivity index is 1.59. The Morgan fingerprint density at radius 1 is 0.889 bits per heavy atom.